The molecule has 30 heavy (non-hydrogen) atoms. The van der Waals surface area contributed by atoms with Gasteiger partial charge in [-0.1, -0.05) is 37.5 Å². The van der Waals surface area contributed by atoms with Crippen molar-refractivity contribution in [3.8, 4) is 11.5 Å². The van der Waals surface area contributed by atoms with Crippen molar-refractivity contribution in [2.24, 2.45) is 10.9 Å². The molecule has 0 radical (unpaired) electrons. The average molecular weight is 412 g/mol. The van der Waals surface area contributed by atoms with Crippen molar-refractivity contribution in [2.45, 2.75) is 52.0 Å². The van der Waals surface area contributed by atoms with Gasteiger partial charge in [0.2, 0.25) is 11.8 Å². The Balaban J connectivity index is 1.41. The van der Waals surface area contributed by atoms with Crippen molar-refractivity contribution in [3.05, 3.63) is 42.3 Å². The fourth-order valence-electron chi connectivity index (χ4n) is 3.70. The summed E-state index contributed by atoms with van der Waals surface area (Å²) in [6, 6.07) is 9.81. The van der Waals surface area contributed by atoms with E-state index in [0.29, 0.717) is 43.8 Å². The molecule has 1 saturated carbocycles. The zero-order chi connectivity index (χ0) is 21.0. The number of nitrogens with one attached hydrogen (secondary N) is 3. The third-order valence-corrected chi connectivity index (χ3v) is 5.25. The summed E-state index contributed by atoms with van der Waals surface area (Å²) in [4.78, 5) is 21.2. The number of aromatic nitrogens is 1. The number of benzene rings is 1. The third-order valence-electron chi connectivity index (χ3n) is 5.25. The van der Waals surface area contributed by atoms with E-state index in [2.05, 4.69) is 25.9 Å². The smallest absolute Gasteiger partial charge is 0.226 e. The number of carbonyl (C=O) groups excluding carboxylic acids is 1. The quantitative estimate of drug-likeness (QED) is 0.334. The van der Waals surface area contributed by atoms with Crippen molar-refractivity contribution in [1.82, 2.24) is 20.9 Å². The molecule has 0 bridgehead atoms. The maximum Gasteiger partial charge on any atom is 0.226 e. The summed E-state index contributed by atoms with van der Waals surface area (Å²) >= 11 is 0. The van der Waals surface area contributed by atoms with Crippen LogP contribution in [-0.4, -0.2) is 36.5 Å². The van der Waals surface area contributed by atoms with E-state index in [1.165, 1.54) is 32.1 Å². The molecule has 0 saturated heterocycles. The van der Waals surface area contributed by atoms with Crippen LogP contribution >= 0.6 is 0 Å². The molecule has 7 heteroatoms. The summed E-state index contributed by atoms with van der Waals surface area (Å²) in [5, 5.41) is 9.48. The Morgan fingerprint density at radius 3 is 2.63 bits per heavy atom. The van der Waals surface area contributed by atoms with E-state index in [9.17, 15) is 4.79 Å². The highest BCUT2D eigenvalue weighted by molar-refractivity contribution is 5.80. The number of carbonyl (C=O) groups is 1. The van der Waals surface area contributed by atoms with Crippen molar-refractivity contribution in [2.75, 3.05) is 19.6 Å². The molecule has 1 aromatic heterocycles. The monoisotopic (exact) mass is 411 g/mol. The number of rotatable bonds is 9. The lowest BCUT2D eigenvalue weighted by Crippen LogP contribution is -2.41. The fourth-order valence-corrected chi connectivity index (χ4v) is 3.70. The first-order chi connectivity index (χ1) is 14.7. The number of hydrogen-bond acceptors (Lipinski definition) is 4. The first-order valence-electron chi connectivity index (χ1n) is 11.0. The van der Waals surface area contributed by atoms with Crippen molar-refractivity contribution < 1.29 is 9.21 Å². The standard InChI is InChI=1S/C23H33N5O2/c1-2-24-23(26-14-13-25-21(29)15-18-9-5-3-6-10-18)27-16-20-17-30-22(28-20)19-11-7-4-8-12-19/h4,7-8,11-12,17-18H,2-3,5-6,9-10,13-16H2,1H3,(H,25,29)(H2,24,26,27). The summed E-state index contributed by atoms with van der Waals surface area (Å²) in [5.41, 5.74) is 1.72. The number of hydrogen-bond donors (Lipinski definition) is 3. The van der Waals surface area contributed by atoms with E-state index in [1.807, 2.05) is 37.3 Å². The summed E-state index contributed by atoms with van der Waals surface area (Å²) < 4.78 is 5.56. The molecule has 1 aliphatic rings. The van der Waals surface area contributed by atoms with E-state index >= 15 is 0 Å². The van der Waals surface area contributed by atoms with Gasteiger partial charge in [-0.3, -0.25) is 4.79 Å². The van der Waals surface area contributed by atoms with E-state index in [1.54, 1.807) is 6.26 Å². The molecule has 0 unspecified atom stereocenters. The highest BCUT2D eigenvalue weighted by Crippen LogP contribution is 2.26. The lowest BCUT2D eigenvalue weighted by atomic mass is 9.87. The van der Waals surface area contributed by atoms with E-state index < -0.39 is 0 Å². The van der Waals surface area contributed by atoms with Crippen molar-refractivity contribution in [1.29, 1.82) is 0 Å². The zero-order valence-electron chi connectivity index (χ0n) is 17.8. The van der Waals surface area contributed by atoms with E-state index in [4.69, 9.17) is 4.42 Å². The predicted octanol–water partition coefficient (Wildman–Crippen LogP) is 3.48. The van der Waals surface area contributed by atoms with Gasteiger partial charge in [0.15, 0.2) is 5.96 Å². The molecule has 3 rings (SSSR count). The minimum absolute atomic E-state index is 0.154. The van der Waals surface area contributed by atoms with Crippen LogP contribution in [0.15, 0.2) is 46.0 Å². The highest BCUT2D eigenvalue weighted by atomic mass is 16.3. The van der Waals surface area contributed by atoms with Gasteiger partial charge in [-0.05, 0) is 37.8 Å². The molecule has 0 spiro atoms. The fraction of sp³-hybridized carbons (Fsp3) is 0.522. The molecule has 1 amide bonds. The predicted molar refractivity (Wildman–Crippen MR) is 119 cm³/mol. The van der Waals surface area contributed by atoms with E-state index in [0.717, 1.165) is 17.8 Å². The Morgan fingerprint density at radius 2 is 1.87 bits per heavy atom. The number of amides is 1. The Hall–Kier alpha value is -2.83. The molecule has 3 N–H and O–H groups in total. The molecular weight excluding hydrogens is 378 g/mol. The molecule has 0 aliphatic heterocycles. The normalized spacial score (nSPS) is 15.0. The summed E-state index contributed by atoms with van der Waals surface area (Å²) in [6.07, 6.45) is 8.52. The molecule has 2 aromatic rings. The van der Waals surface area contributed by atoms with Gasteiger partial charge in [0.05, 0.1) is 6.54 Å². The Kier molecular flexibility index (Phi) is 8.75. The van der Waals surface area contributed by atoms with Crippen molar-refractivity contribution >= 4 is 11.9 Å². The van der Waals surface area contributed by atoms with Gasteiger partial charge in [-0.15, -0.1) is 0 Å². The average Bonchev–Trinajstić information content (AvgIpc) is 3.25. The van der Waals surface area contributed by atoms with Crippen LogP contribution in [0, 0.1) is 5.92 Å². The molecule has 7 nitrogen and oxygen atoms in total. The molecule has 1 aliphatic carbocycles. The third kappa shape index (κ3) is 7.21. The molecule has 1 fully saturated rings. The second kappa shape index (κ2) is 12.0. The number of guanidine groups is 1. The van der Waals surface area contributed by atoms with Gasteiger partial charge in [0.1, 0.15) is 12.0 Å². The van der Waals surface area contributed by atoms with Gasteiger partial charge in [-0.2, -0.15) is 0 Å². The number of aliphatic imine (C=N–C) groups is 1. The van der Waals surface area contributed by atoms with Crippen LogP contribution in [0.25, 0.3) is 11.5 Å². The van der Waals surface area contributed by atoms with Crippen LogP contribution in [0.5, 0.6) is 0 Å². The SMILES string of the molecule is CCNC(=NCc1coc(-c2ccccc2)n1)NCCNC(=O)CC1CCCCC1. The summed E-state index contributed by atoms with van der Waals surface area (Å²) in [5.74, 6) is 2.01. The topological polar surface area (TPSA) is 91.6 Å². The van der Waals surface area contributed by atoms with Crippen molar-refractivity contribution in [3.63, 3.8) is 0 Å². The van der Waals surface area contributed by atoms with Crippen LogP contribution in [0.4, 0.5) is 0 Å². The van der Waals surface area contributed by atoms with Gasteiger partial charge < -0.3 is 20.4 Å². The lowest BCUT2D eigenvalue weighted by molar-refractivity contribution is -0.122. The largest absolute Gasteiger partial charge is 0.444 e. The van der Waals surface area contributed by atoms with Gasteiger partial charge in [0, 0.05) is 31.6 Å². The highest BCUT2D eigenvalue weighted by Gasteiger charge is 2.16. The molecule has 1 heterocycles. The van der Waals surface area contributed by atoms with Gasteiger partial charge >= 0.3 is 0 Å². The minimum Gasteiger partial charge on any atom is -0.444 e. The summed E-state index contributed by atoms with van der Waals surface area (Å²) in [6.45, 7) is 4.40. The Bertz CT molecular complexity index is 797. The Labute approximate surface area is 178 Å². The Morgan fingerprint density at radius 1 is 1.10 bits per heavy atom. The first-order valence-corrected chi connectivity index (χ1v) is 11.0. The molecule has 162 valence electrons. The van der Waals surface area contributed by atoms with Crippen LogP contribution in [0.3, 0.4) is 0 Å². The second-order valence-electron chi connectivity index (χ2n) is 7.69. The number of nitrogens with zero attached hydrogens (tertiary/aromatic N) is 2. The maximum absolute atomic E-state index is 12.1. The van der Waals surface area contributed by atoms with Crippen LogP contribution in [0.2, 0.25) is 0 Å². The first kappa shape index (κ1) is 21.9. The second-order valence-corrected chi connectivity index (χ2v) is 7.69. The molecule has 1 aromatic carbocycles. The zero-order valence-corrected chi connectivity index (χ0v) is 17.8. The molecule has 0 atom stereocenters. The molecular formula is C23H33N5O2. The maximum atomic E-state index is 12.1. The summed E-state index contributed by atoms with van der Waals surface area (Å²) in [7, 11) is 0. The van der Waals surface area contributed by atoms with Crippen LogP contribution in [-0.2, 0) is 11.3 Å². The number of oxazole rings is 1. The van der Waals surface area contributed by atoms with E-state index in [-0.39, 0.29) is 5.91 Å². The van der Waals surface area contributed by atoms with Crippen LogP contribution < -0.4 is 16.0 Å². The van der Waals surface area contributed by atoms with Gasteiger partial charge in [-0.25, -0.2) is 9.98 Å². The van der Waals surface area contributed by atoms with Gasteiger partial charge in [0.25, 0.3) is 0 Å². The lowest BCUT2D eigenvalue weighted by Gasteiger charge is -2.20. The van der Waals surface area contributed by atoms with Crippen LogP contribution in [0.1, 0.15) is 51.1 Å². The minimum atomic E-state index is 0.154.